The van der Waals surface area contributed by atoms with Crippen molar-refractivity contribution >= 4 is 15.9 Å². The number of hydrogen-bond acceptors (Lipinski definition) is 5. The lowest BCUT2D eigenvalue weighted by molar-refractivity contribution is 0.0950. The maximum Gasteiger partial charge on any atom is 0.251 e. The van der Waals surface area contributed by atoms with Crippen LogP contribution in [0.15, 0.2) is 71.6 Å². The summed E-state index contributed by atoms with van der Waals surface area (Å²) in [6.45, 7) is 0.940. The van der Waals surface area contributed by atoms with E-state index in [4.69, 9.17) is 9.47 Å². The number of rotatable bonds is 7. The van der Waals surface area contributed by atoms with E-state index in [0.29, 0.717) is 31.0 Å². The second-order valence-corrected chi connectivity index (χ2v) is 9.66. The molecule has 8 heteroatoms. The molecule has 0 spiro atoms. The summed E-state index contributed by atoms with van der Waals surface area (Å²) in [5, 5.41) is 2.83. The predicted octanol–water partition coefficient (Wildman–Crippen LogP) is 3.38. The zero-order chi connectivity index (χ0) is 23.4. The number of sulfonamides is 1. The Morgan fingerprint density at radius 2 is 1.73 bits per heavy atom. The molecule has 3 aromatic carbocycles. The molecule has 1 aliphatic heterocycles. The van der Waals surface area contributed by atoms with Crippen molar-refractivity contribution < 1.29 is 22.7 Å². The van der Waals surface area contributed by atoms with Crippen molar-refractivity contribution in [1.29, 1.82) is 0 Å². The Bertz CT molecular complexity index is 1270. The van der Waals surface area contributed by atoms with Gasteiger partial charge in [0.2, 0.25) is 10.0 Å². The van der Waals surface area contributed by atoms with Gasteiger partial charge in [-0.1, -0.05) is 42.5 Å². The molecule has 172 valence electrons. The van der Waals surface area contributed by atoms with E-state index in [9.17, 15) is 13.2 Å². The van der Waals surface area contributed by atoms with Crippen molar-refractivity contribution in [2.24, 2.45) is 0 Å². The number of amides is 1. The minimum absolute atomic E-state index is 0.105. The van der Waals surface area contributed by atoms with Crippen LogP contribution in [0, 0.1) is 0 Å². The van der Waals surface area contributed by atoms with Gasteiger partial charge in [0.1, 0.15) is 0 Å². The van der Waals surface area contributed by atoms with Crippen LogP contribution in [0.2, 0.25) is 0 Å². The Morgan fingerprint density at radius 1 is 0.970 bits per heavy atom. The molecule has 0 saturated carbocycles. The van der Waals surface area contributed by atoms with Crippen LogP contribution in [-0.2, 0) is 29.5 Å². The number of para-hydroxylation sites is 1. The van der Waals surface area contributed by atoms with E-state index in [1.807, 2.05) is 36.4 Å². The van der Waals surface area contributed by atoms with Gasteiger partial charge in [0, 0.05) is 30.8 Å². The molecule has 0 bridgehead atoms. The highest BCUT2D eigenvalue weighted by molar-refractivity contribution is 7.89. The maximum atomic E-state index is 13.3. The van der Waals surface area contributed by atoms with Gasteiger partial charge in [0.25, 0.3) is 5.91 Å². The average molecular weight is 467 g/mol. The quantitative estimate of drug-likeness (QED) is 0.577. The maximum absolute atomic E-state index is 13.3. The highest BCUT2D eigenvalue weighted by Gasteiger charge is 2.28. The molecule has 0 saturated heterocycles. The zero-order valence-electron chi connectivity index (χ0n) is 18.6. The number of nitrogens with one attached hydrogen (secondary N) is 1. The summed E-state index contributed by atoms with van der Waals surface area (Å²) in [6.07, 6.45) is 0.665. The van der Waals surface area contributed by atoms with Crippen molar-refractivity contribution in [3.05, 3.63) is 89.0 Å². The second-order valence-electron chi connectivity index (χ2n) is 7.72. The van der Waals surface area contributed by atoms with E-state index in [-0.39, 0.29) is 22.9 Å². The molecular weight excluding hydrogens is 440 g/mol. The average Bonchev–Trinajstić information content (AvgIpc) is 2.86. The summed E-state index contributed by atoms with van der Waals surface area (Å²) in [6, 6.07) is 19.4. The lowest BCUT2D eigenvalue weighted by Gasteiger charge is -2.28. The molecule has 7 nitrogen and oxygen atoms in total. The van der Waals surface area contributed by atoms with Crippen LogP contribution in [0.3, 0.4) is 0 Å². The Labute approximate surface area is 194 Å². The smallest absolute Gasteiger partial charge is 0.251 e. The van der Waals surface area contributed by atoms with Gasteiger partial charge in [-0.2, -0.15) is 4.31 Å². The largest absolute Gasteiger partial charge is 0.493 e. The number of hydrogen-bond donors (Lipinski definition) is 1. The first-order valence-corrected chi connectivity index (χ1v) is 12.0. The standard InChI is InChI=1S/C25H26N2O5S/c1-31-23-12-6-10-20(24(23)32-2)16-26-25(28)19-9-5-11-22(15-19)33(29,30)27-14-13-18-7-3-4-8-21(18)17-27/h3-12,15H,13-14,16-17H2,1-2H3,(H,26,28). The van der Waals surface area contributed by atoms with Gasteiger partial charge in [0.05, 0.1) is 19.1 Å². The van der Waals surface area contributed by atoms with E-state index < -0.39 is 10.0 Å². The van der Waals surface area contributed by atoms with E-state index in [1.165, 1.54) is 29.1 Å². The molecule has 1 aliphatic rings. The normalized spacial score (nSPS) is 13.8. The Balaban J connectivity index is 1.50. The molecular formula is C25H26N2O5S. The third-order valence-electron chi connectivity index (χ3n) is 5.75. The van der Waals surface area contributed by atoms with Gasteiger partial charge in [-0.25, -0.2) is 8.42 Å². The summed E-state index contributed by atoms with van der Waals surface area (Å²) < 4.78 is 38.7. The third-order valence-corrected chi connectivity index (χ3v) is 7.59. The number of ether oxygens (including phenoxy) is 2. The number of fused-ring (bicyclic) bond motifs is 1. The van der Waals surface area contributed by atoms with Crippen molar-refractivity contribution in [1.82, 2.24) is 9.62 Å². The number of methoxy groups -OCH3 is 2. The second kappa shape index (κ2) is 9.64. The number of carbonyl (C=O) groups excluding carboxylic acids is 1. The highest BCUT2D eigenvalue weighted by atomic mass is 32.2. The van der Waals surface area contributed by atoms with Crippen LogP contribution in [0.25, 0.3) is 0 Å². The van der Waals surface area contributed by atoms with Crippen LogP contribution in [0.1, 0.15) is 27.0 Å². The molecule has 1 heterocycles. The summed E-state index contributed by atoms with van der Waals surface area (Å²) in [7, 11) is -0.644. The highest BCUT2D eigenvalue weighted by Crippen LogP contribution is 2.30. The van der Waals surface area contributed by atoms with Crippen LogP contribution in [0.4, 0.5) is 0 Å². The van der Waals surface area contributed by atoms with E-state index in [2.05, 4.69) is 5.32 Å². The summed E-state index contributed by atoms with van der Waals surface area (Å²) in [5.74, 6) is 0.739. The summed E-state index contributed by atoms with van der Waals surface area (Å²) >= 11 is 0. The lowest BCUT2D eigenvalue weighted by Crippen LogP contribution is -2.36. The summed E-state index contributed by atoms with van der Waals surface area (Å²) in [4.78, 5) is 12.9. The van der Waals surface area contributed by atoms with Crippen molar-refractivity contribution in [2.75, 3.05) is 20.8 Å². The molecule has 33 heavy (non-hydrogen) atoms. The lowest BCUT2D eigenvalue weighted by atomic mass is 10.0. The Morgan fingerprint density at radius 3 is 2.48 bits per heavy atom. The van der Waals surface area contributed by atoms with Crippen LogP contribution in [-0.4, -0.2) is 39.4 Å². The molecule has 0 aromatic heterocycles. The first-order chi connectivity index (χ1) is 15.9. The van der Waals surface area contributed by atoms with Gasteiger partial charge < -0.3 is 14.8 Å². The van der Waals surface area contributed by atoms with Crippen LogP contribution < -0.4 is 14.8 Å². The fraction of sp³-hybridized carbons (Fsp3) is 0.240. The molecule has 0 fully saturated rings. The monoisotopic (exact) mass is 466 g/mol. The van der Waals surface area contributed by atoms with E-state index in [0.717, 1.165) is 11.1 Å². The van der Waals surface area contributed by atoms with Gasteiger partial charge in [-0.15, -0.1) is 0 Å². The van der Waals surface area contributed by atoms with Crippen molar-refractivity contribution in [3.63, 3.8) is 0 Å². The van der Waals surface area contributed by atoms with Crippen molar-refractivity contribution in [2.45, 2.75) is 24.4 Å². The van der Waals surface area contributed by atoms with E-state index in [1.54, 1.807) is 25.3 Å². The molecule has 0 aliphatic carbocycles. The Kier molecular flexibility index (Phi) is 6.67. The minimum Gasteiger partial charge on any atom is -0.493 e. The topological polar surface area (TPSA) is 84.9 Å². The van der Waals surface area contributed by atoms with Gasteiger partial charge in [0.15, 0.2) is 11.5 Å². The van der Waals surface area contributed by atoms with E-state index >= 15 is 0 Å². The van der Waals surface area contributed by atoms with Gasteiger partial charge in [-0.05, 0) is 41.8 Å². The molecule has 1 amide bonds. The fourth-order valence-corrected chi connectivity index (χ4v) is 5.46. The number of benzene rings is 3. The molecule has 1 N–H and O–H groups in total. The first-order valence-electron chi connectivity index (χ1n) is 10.6. The SMILES string of the molecule is COc1cccc(CNC(=O)c2cccc(S(=O)(=O)N3CCc4ccccc4C3)c2)c1OC. The van der Waals surface area contributed by atoms with Gasteiger partial charge in [-0.3, -0.25) is 4.79 Å². The zero-order valence-corrected chi connectivity index (χ0v) is 19.4. The van der Waals surface area contributed by atoms with Crippen LogP contribution in [0.5, 0.6) is 11.5 Å². The molecule has 3 aromatic rings. The predicted molar refractivity (Wildman–Crippen MR) is 125 cm³/mol. The molecule has 0 unspecified atom stereocenters. The third kappa shape index (κ3) is 4.72. The number of carbonyl (C=O) groups is 1. The Hall–Kier alpha value is -3.36. The summed E-state index contributed by atoms with van der Waals surface area (Å²) in [5.41, 5.74) is 3.20. The molecule has 4 rings (SSSR count). The fourth-order valence-electron chi connectivity index (χ4n) is 3.99. The van der Waals surface area contributed by atoms with Crippen LogP contribution >= 0.6 is 0 Å². The number of nitrogens with zero attached hydrogens (tertiary/aromatic N) is 1. The molecule has 0 atom stereocenters. The van der Waals surface area contributed by atoms with Gasteiger partial charge >= 0.3 is 0 Å². The first kappa shape index (κ1) is 22.8. The van der Waals surface area contributed by atoms with Crippen molar-refractivity contribution in [3.8, 4) is 11.5 Å². The minimum atomic E-state index is -3.73. The molecule has 0 radical (unpaired) electrons.